The molecule has 1 aliphatic heterocycles. The molecule has 0 aromatic carbocycles. The summed E-state index contributed by atoms with van der Waals surface area (Å²) in [4.78, 5) is 14.5. The van der Waals surface area contributed by atoms with Crippen LogP contribution < -0.4 is 0 Å². The van der Waals surface area contributed by atoms with Gasteiger partial charge in [-0.05, 0) is 12.1 Å². The van der Waals surface area contributed by atoms with Crippen LogP contribution in [0.4, 0.5) is 0 Å². The molecule has 6 heteroatoms. The van der Waals surface area contributed by atoms with Crippen molar-refractivity contribution in [2.75, 3.05) is 25.6 Å². The van der Waals surface area contributed by atoms with E-state index in [2.05, 4.69) is 0 Å². The molecule has 1 atom stereocenters. The van der Waals surface area contributed by atoms with Crippen LogP contribution in [0.3, 0.4) is 0 Å². The standard InChI is InChI=1S/C10H11Cl2NO2S/c11-5-7-6-13(3-4-15-7)10(14)8-1-2-9(12)16-8/h1-2,7H,3-6H2. The Bertz CT molecular complexity index is 383. The predicted octanol–water partition coefficient (Wildman–Crippen LogP) is 2.48. The molecule has 1 unspecified atom stereocenters. The summed E-state index contributed by atoms with van der Waals surface area (Å²) in [5.74, 6) is 0.421. The van der Waals surface area contributed by atoms with Crippen LogP contribution in [0.25, 0.3) is 0 Å². The van der Waals surface area contributed by atoms with Crippen LogP contribution >= 0.6 is 34.5 Å². The lowest BCUT2D eigenvalue weighted by Gasteiger charge is -2.31. The number of rotatable bonds is 2. The smallest absolute Gasteiger partial charge is 0.264 e. The summed E-state index contributed by atoms with van der Waals surface area (Å²) in [6, 6.07) is 3.49. The quantitative estimate of drug-likeness (QED) is 0.779. The molecular weight excluding hydrogens is 269 g/mol. The van der Waals surface area contributed by atoms with Gasteiger partial charge in [-0.3, -0.25) is 4.79 Å². The largest absolute Gasteiger partial charge is 0.373 e. The molecule has 1 amide bonds. The minimum Gasteiger partial charge on any atom is -0.373 e. The van der Waals surface area contributed by atoms with Crippen LogP contribution in [-0.2, 0) is 4.74 Å². The Morgan fingerprint density at radius 3 is 3.06 bits per heavy atom. The Hall–Kier alpha value is -0.290. The number of morpholine rings is 1. The van der Waals surface area contributed by atoms with E-state index >= 15 is 0 Å². The molecule has 16 heavy (non-hydrogen) atoms. The van der Waals surface area contributed by atoms with Crippen LogP contribution in [0.2, 0.25) is 4.34 Å². The number of alkyl halides is 1. The van der Waals surface area contributed by atoms with E-state index in [0.29, 0.717) is 34.8 Å². The van der Waals surface area contributed by atoms with Crippen molar-refractivity contribution >= 4 is 40.4 Å². The minimum absolute atomic E-state index is 0.00955. The average molecular weight is 280 g/mol. The highest BCUT2D eigenvalue weighted by Crippen LogP contribution is 2.23. The van der Waals surface area contributed by atoms with E-state index in [1.807, 2.05) is 0 Å². The highest BCUT2D eigenvalue weighted by molar-refractivity contribution is 7.17. The summed E-state index contributed by atoms with van der Waals surface area (Å²) >= 11 is 12.8. The molecule has 1 saturated heterocycles. The number of carbonyl (C=O) groups excluding carboxylic acids is 1. The molecule has 0 spiro atoms. The summed E-state index contributed by atoms with van der Waals surface area (Å²) in [5.41, 5.74) is 0. The minimum atomic E-state index is -0.0604. The summed E-state index contributed by atoms with van der Waals surface area (Å²) in [5, 5.41) is 0. The highest BCUT2D eigenvalue weighted by atomic mass is 35.5. The van der Waals surface area contributed by atoms with Gasteiger partial charge in [0, 0.05) is 13.1 Å². The Morgan fingerprint density at radius 1 is 1.62 bits per heavy atom. The Balaban J connectivity index is 2.04. The van der Waals surface area contributed by atoms with E-state index in [-0.39, 0.29) is 12.0 Å². The number of thiophene rings is 1. The lowest BCUT2D eigenvalue weighted by molar-refractivity contribution is -0.0106. The number of hydrogen-bond donors (Lipinski definition) is 0. The first-order valence-corrected chi connectivity index (χ1v) is 6.66. The van der Waals surface area contributed by atoms with Crippen molar-refractivity contribution in [1.29, 1.82) is 0 Å². The summed E-state index contributed by atoms with van der Waals surface area (Å²) < 4.78 is 6.03. The summed E-state index contributed by atoms with van der Waals surface area (Å²) in [6.45, 7) is 1.71. The summed E-state index contributed by atoms with van der Waals surface area (Å²) in [7, 11) is 0. The first-order valence-electron chi connectivity index (χ1n) is 4.93. The van der Waals surface area contributed by atoms with Crippen molar-refractivity contribution in [3.8, 4) is 0 Å². The van der Waals surface area contributed by atoms with Gasteiger partial charge in [0.1, 0.15) is 0 Å². The summed E-state index contributed by atoms with van der Waals surface area (Å²) in [6.07, 6.45) is -0.0604. The van der Waals surface area contributed by atoms with Gasteiger partial charge >= 0.3 is 0 Å². The second kappa shape index (κ2) is 5.36. The molecule has 0 radical (unpaired) electrons. The Morgan fingerprint density at radius 2 is 2.44 bits per heavy atom. The fraction of sp³-hybridized carbons (Fsp3) is 0.500. The fourth-order valence-electron chi connectivity index (χ4n) is 1.58. The van der Waals surface area contributed by atoms with Crippen LogP contribution in [0.1, 0.15) is 9.67 Å². The average Bonchev–Trinajstić information content (AvgIpc) is 2.75. The maximum Gasteiger partial charge on any atom is 0.264 e. The third-order valence-corrected chi connectivity index (χ3v) is 3.95. The Labute approximate surface area is 108 Å². The lowest BCUT2D eigenvalue weighted by Crippen LogP contribution is -2.46. The molecule has 1 aromatic heterocycles. The van der Waals surface area contributed by atoms with Gasteiger partial charge in [0.05, 0.1) is 27.8 Å². The van der Waals surface area contributed by atoms with Crippen molar-refractivity contribution in [3.05, 3.63) is 21.3 Å². The lowest BCUT2D eigenvalue weighted by atomic mass is 10.3. The third-order valence-electron chi connectivity index (χ3n) is 2.38. The molecule has 2 rings (SSSR count). The maximum atomic E-state index is 12.1. The number of nitrogens with zero attached hydrogens (tertiary/aromatic N) is 1. The SMILES string of the molecule is O=C(c1ccc(Cl)s1)N1CCOC(CCl)C1. The van der Waals surface area contributed by atoms with Gasteiger partial charge in [0.25, 0.3) is 5.91 Å². The zero-order valence-electron chi connectivity index (χ0n) is 8.49. The Kier molecular flexibility index (Phi) is 4.08. The molecule has 1 fully saturated rings. The molecule has 1 aromatic rings. The molecule has 0 aliphatic carbocycles. The molecule has 1 aliphatic rings. The zero-order valence-corrected chi connectivity index (χ0v) is 10.8. The van der Waals surface area contributed by atoms with Crippen LogP contribution in [0.15, 0.2) is 12.1 Å². The normalized spacial score (nSPS) is 21.1. The third kappa shape index (κ3) is 2.69. The van der Waals surface area contributed by atoms with Crippen molar-refractivity contribution in [2.24, 2.45) is 0 Å². The molecule has 0 bridgehead atoms. The van der Waals surface area contributed by atoms with E-state index in [0.717, 1.165) is 0 Å². The monoisotopic (exact) mass is 279 g/mol. The van der Waals surface area contributed by atoms with Gasteiger partial charge in [0.2, 0.25) is 0 Å². The molecule has 3 nitrogen and oxygen atoms in total. The van der Waals surface area contributed by atoms with E-state index in [1.54, 1.807) is 17.0 Å². The number of carbonyl (C=O) groups is 1. The molecule has 88 valence electrons. The predicted molar refractivity (Wildman–Crippen MR) is 65.7 cm³/mol. The van der Waals surface area contributed by atoms with Gasteiger partial charge in [-0.2, -0.15) is 0 Å². The number of hydrogen-bond acceptors (Lipinski definition) is 3. The molecule has 0 N–H and O–H groups in total. The van der Waals surface area contributed by atoms with Crippen molar-refractivity contribution < 1.29 is 9.53 Å². The first-order chi connectivity index (χ1) is 7.70. The van der Waals surface area contributed by atoms with Crippen molar-refractivity contribution in [2.45, 2.75) is 6.10 Å². The van der Waals surface area contributed by atoms with Gasteiger partial charge in [0.15, 0.2) is 0 Å². The van der Waals surface area contributed by atoms with E-state index < -0.39 is 0 Å². The maximum absolute atomic E-state index is 12.1. The van der Waals surface area contributed by atoms with Crippen molar-refractivity contribution in [1.82, 2.24) is 4.90 Å². The van der Waals surface area contributed by atoms with Gasteiger partial charge in [-0.15, -0.1) is 22.9 Å². The topological polar surface area (TPSA) is 29.5 Å². The van der Waals surface area contributed by atoms with E-state index in [4.69, 9.17) is 27.9 Å². The molecule has 0 saturated carbocycles. The highest BCUT2D eigenvalue weighted by Gasteiger charge is 2.25. The van der Waals surface area contributed by atoms with Crippen LogP contribution in [0, 0.1) is 0 Å². The molecular formula is C10H11Cl2NO2S. The van der Waals surface area contributed by atoms with E-state index in [1.165, 1.54) is 11.3 Å². The zero-order chi connectivity index (χ0) is 11.5. The van der Waals surface area contributed by atoms with E-state index in [9.17, 15) is 4.79 Å². The van der Waals surface area contributed by atoms with Gasteiger partial charge in [-0.25, -0.2) is 0 Å². The van der Waals surface area contributed by atoms with Gasteiger partial charge < -0.3 is 9.64 Å². The first kappa shape index (κ1) is 12.2. The second-order valence-corrected chi connectivity index (χ2v) is 5.53. The fourth-order valence-corrected chi connectivity index (χ4v) is 2.78. The van der Waals surface area contributed by atoms with Gasteiger partial charge in [-0.1, -0.05) is 11.6 Å². The van der Waals surface area contributed by atoms with Crippen LogP contribution in [0.5, 0.6) is 0 Å². The number of halogens is 2. The second-order valence-electron chi connectivity index (χ2n) is 3.50. The van der Waals surface area contributed by atoms with Crippen LogP contribution in [-0.4, -0.2) is 42.5 Å². The number of amides is 1. The van der Waals surface area contributed by atoms with Crippen molar-refractivity contribution in [3.63, 3.8) is 0 Å². The molecule has 2 heterocycles. The number of ether oxygens (including phenoxy) is 1.